The van der Waals surface area contributed by atoms with E-state index in [1.54, 1.807) is 0 Å². The number of methoxy groups -OCH3 is 1. The largest absolute Gasteiger partial charge is 0.465 e. The molecule has 3 nitrogen and oxygen atoms in total. The summed E-state index contributed by atoms with van der Waals surface area (Å²) in [5, 5.41) is 0. The van der Waals surface area contributed by atoms with Gasteiger partial charge in [0.05, 0.1) is 18.4 Å². The molecule has 0 N–H and O–H groups in total. The summed E-state index contributed by atoms with van der Waals surface area (Å²) in [6, 6.07) is 0.688. The number of ether oxygens (including phenoxy) is 1. The number of aromatic nitrogens is 1. The van der Waals surface area contributed by atoms with Crippen molar-refractivity contribution in [1.82, 2.24) is 4.98 Å². The number of carbonyl (C=O) groups excluding carboxylic acids is 1. The smallest absolute Gasteiger partial charge is 0.437 e. The third-order valence-electron chi connectivity index (χ3n) is 2.32. The quantitative estimate of drug-likeness (QED) is 0.622. The van der Waals surface area contributed by atoms with Gasteiger partial charge in [-0.1, -0.05) is 0 Å². The Hall–Kier alpha value is -1.87. The predicted molar refractivity (Wildman–Crippen MR) is 50.5 cm³/mol. The number of esters is 1. The summed E-state index contributed by atoms with van der Waals surface area (Å²) in [7, 11) is 0.946. The normalized spacial score (nSPS) is 13.2. The molecule has 0 aliphatic rings. The summed E-state index contributed by atoms with van der Waals surface area (Å²) in [5.41, 5.74) is -7.94. The third-order valence-corrected chi connectivity index (χ3v) is 2.32. The molecule has 10 heteroatoms. The molecule has 0 aliphatic heterocycles. The van der Waals surface area contributed by atoms with Crippen molar-refractivity contribution in [3.8, 4) is 0 Å². The zero-order valence-corrected chi connectivity index (χ0v) is 9.64. The molecule has 1 aromatic rings. The van der Waals surface area contributed by atoms with Crippen LogP contribution in [-0.4, -0.2) is 30.4 Å². The lowest BCUT2D eigenvalue weighted by Crippen LogP contribution is -2.50. The van der Waals surface area contributed by atoms with Crippen LogP contribution in [0, 0.1) is 0 Å². The Labute approximate surface area is 107 Å². The van der Waals surface area contributed by atoms with E-state index in [1.165, 1.54) is 0 Å². The molecule has 0 aliphatic carbocycles. The molecule has 0 atom stereocenters. The second kappa shape index (κ2) is 4.91. The minimum atomic E-state index is -6.25. The lowest BCUT2D eigenvalue weighted by molar-refractivity contribution is -0.350. The highest BCUT2D eigenvalue weighted by Gasteiger charge is 2.74. The van der Waals surface area contributed by atoms with Gasteiger partial charge in [-0.15, -0.1) is 0 Å². The molecular formula is C10H6F7NO2. The summed E-state index contributed by atoms with van der Waals surface area (Å²) >= 11 is 0. The van der Waals surface area contributed by atoms with Crippen LogP contribution in [-0.2, 0) is 10.4 Å². The van der Waals surface area contributed by atoms with Crippen LogP contribution in [0.1, 0.15) is 16.1 Å². The van der Waals surface area contributed by atoms with E-state index >= 15 is 0 Å². The second-order valence-electron chi connectivity index (χ2n) is 3.58. The Morgan fingerprint density at radius 3 is 1.85 bits per heavy atom. The number of rotatable bonds is 2. The second-order valence-corrected chi connectivity index (χ2v) is 3.58. The standard InChI is InChI=1S/C10H6F7NO2/c1-20-7(19)5-2-3-6(18-4-5)8(11,9(12,13)14)10(15,16)17/h2-4H,1H3. The average Bonchev–Trinajstić information content (AvgIpc) is 2.34. The molecule has 0 bridgehead atoms. The minimum Gasteiger partial charge on any atom is -0.465 e. The number of nitrogens with zero attached hydrogens (tertiary/aromatic N) is 1. The Balaban J connectivity index is 3.35. The number of pyridine rings is 1. The topological polar surface area (TPSA) is 39.2 Å². The van der Waals surface area contributed by atoms with E-state index < -0.39 is 35.2 Å². The van der Waals surface area contributed by atoms with Crippen molar-refractivity contribution in [1.29, 1.82) is 0 Å². The molecule has 20 heavy (non-hydrogen) atoms. The van der Waals surface area contributed by atoms with Gasteiger partial charge >= 0.3 is 24.0 Å². The number of carbonyl (C=O) groups is 1. The van der Waals surface area contributed by atoms with Crippen LogP contribution in [0.25, 0.3) is 0 Å². The first-order valence-corrected chi connectivity index (χ1v) is 4.82. The van der Waals surface area contributed by atoms with E-state index in [1.807, 2.05) is 0 Å². The Bertz CT molecular complexity index is 478. The summed E-state index contributed by atoms with van der Waals surface area (Å²) in [5.74, 6) is -1.03. The van der Waals surface area contributed by atoms with E-state index in [-0.39, 0.29) is 6.07 Å². The highest BCUT2D eigenvalue weighted by atomic mass is 19.4. The predicted octanol–water partition coefficient (Wildman–Crippen LogP) is 3.16. The van der Waals surface area contributed by atoms with Gasteiger partial charge in [-0.25, -0.2) is 9.18 Å². The zero-order chi connectivity index (χ0) is 15.8. The molecule has 0 fully saturated rings. The highest BCUT2D eigenvalue weighted by Crippen LogP contribution is 2.52. The van der Waals surface area contributed by atoms with Crippen molar-refractivity contribution in [3.63, 3.8) is 0 Å². The number of alkyl halides is 7. The maximum Gasteiger partial charge on any atom is 0.437 e. The molecule has 0 radical (unpaired) electrons. The minimum absolute atomic E-state index is 0.132. The molecular weight excluding hydrogens is 299 g/mol. The van der Waals surface area contributed by atoms with E-state index in [2.05, 4.69) is 9.72 Å². The average molecular weight is 305 g/mol. The van der Waals surface area contributed by atoms with Crippen molar-refractivity contribution in [2.75, 3.05) is 7.11 Å². The Kier molecular flexibility index (Phi) is 3.97. The molecule has 0 aromatic carbocycles. The maximum atomic E-state index is 13.5. The van der Waals surface area contributed by atoms with Gasteiger partial charge in [0, 0.05) is 6.20 Å². The van der Waals surface area contributed by atoms with Crippen LogP contribution in [0.3, 0.4) is 0 Å². The summed E-state index contributed by atoms with van der Waals surface area (Å²) in [6.07, 6.45) is -12.1. The monoisotopic (exact) mass is 305 g/mol. The van der Waals surface area contributed by atoms with E-state index in [4.69, 9.17) is 0 Å². The van der Waals surface area contributed by atoms with E-state index in [0.717, 1.165) is 7.11 Å². The third kappa shape index (κ3) is 2.54. The van der Waals surface area contributed by atoms with Gasteiger partial charge in [0.25, 0.3) is 0 Å². The van der Waals surface area contributed by atoms with Gasteiger partial charge in [0.15, 0.2) is 0 Å². The highest BCUT2D eigenvalue weighted by molar-refractivity contribution is 5.88. The van der Waals surface area contributed by atoms with Crippen LogP contribution in [0.4, 0.5) is 30.7 Å². The lowest BCUT2D eigenvalue weighted by atomic mass is 9.99. The van der Waals surface area contributed by atoms with Gasteiger partial charge in [0.1, 0.15) is 0 Å². The summed E-state index contributed by atoms with van der Waals surface area (Å²) < 4.78 is 92.0. The van der Waals surface area contributed by atoms with Crippen LogP contribution in [0.5, 0.6) is 0 Å². The first-order valence-electron chi connectivity index (χ1n) is 4.82. The van der Waals surface area contributed by atoms with Crippen molar-refractivity contribution in [2.45, 2.75) is 18.0 Å². The zero-order valence-electron chi connectivity index (χ0n) is 9.64. The van der Waals surface area contributed by atoms with E-state index in [0.29, 0.717) is 12.3 Å². The fourth-order valence-corrected chi connectivity index (χ4v) is 1.29. The molecule has 0 saturated heterocycles. The van der Waals surface area contributed by atoms with Crippen LogP contribution < -0.4 is 0 Å². The molecule has 0 spiro atoms. The van der Waals surface area contributed by atoms with Crippen molar-refractivity contribution < 1.29 is 40.3 Å². The molecule has 0 saturated carbocycles. The SMILES string of the molecule is COC(=O)c1ccc(C(F)(C(F)(F)F)C(F)(F)F)nc1. The first-order chi connectivity index (χ1) is 8.95. The van der Waals surface area contributed by atoms with Crippen LogP contribution >= 0.6 is 0 Å². The van der Waals surface area contributed by atoms with Gasteiger partial charge in [-0.05, 0) is 12.1 Å². The fraction of sp³-hybridized carbons (Fsp3) is 0.400. The molecule has 1 aromatic heterocycles. The van der Waals surface area contributed by atoms with Gasteiger partial charge in [-0.2, -0.15) is 26.3 Å². The number of halogens is 7. The molecule has 1 rings (SSSR count). The van der Waals surface area contributed by atoms with Gasteiger partial charge < -0.3 is 4.74 Å². The number of hydrogen-bond donors (Lipinski definition) is 0. The summed E-state index contributed by atoms with van der Waals surface area (Å²) in [6.45, 7) is 0. The van der Waals surface area contributed by atoms with Gasteiger partial charge in [-0.3, -0.25) is 4.98 Å². The van der Waals surface area contributed by atoms with Crippen molar-refractivity contribution >= 4 is 5.97 Å². The van der Waals surface area contributed by atoms with Crippen LogP contribution in [0.2, 0.25) is 0 Å². The molecule has 0 amide bonds. The Morgan fingerprint density at radius 1 is 1.05 bits per heavy atom. The number of hydrogen-bond acceptors (Lipinski definition) is 3. The first kappa shape index (κ1) is 16.2. The van der Waals surface area contributed by atoms with Crippen molar-refractivity contribution in [2.24, 2.45) is 0 Å². The maximum absolute atomic E-state index is 13.5. The molecule has 0 unspecified atom stereocenters. The summed E-state index contributed by atoms with van der Waals surface area (Å²) in [4.78, 5) is 13.7. The lowest BCUT2D eigenvalue weighted by Gasteiger charge is -2.29. The fourth-order valence-electron chi connectivity index (χ4n) is 1.29. The van der Waals surface area contributed by atoms with E-state index in [9.17, 15) is 35.5 Å². The van der Waals surface area contributed by atoms with Crippen molar-refractivity contribution in [3.05, 3.63) is 29.6 Å². The van der Waals surface area contributed by atoms with Gasteiger partial charge in [0.2, 0.25) is 0 Å². The Morgan fingerprint density at radius 2 is 1.55 bits per heavy atom. The van der Waals surface area contributed by atoms with Crippen LogP contribution in [0.15, 0.2) is 18.3 Å². The molecule has 1 heterocycles. The molecule has 112 valence electrons.